The second-order valence-corrected chi connectivity index (χ2v) is 6.08. The molecule has 0 radical (unpaired) electrons. The summed E-state index contributed by atoms with van der Waals surface area (Å²) in [7, 11) is 0. The molecule has 0 bridgehead atoms. The summed E-state index contributed by atoms with van der Waals surface area (Å²) in [5.74, 6) is 0.590. The predicted molar refractivity (Wildman–Crippen MR) is 68.8 cm³/mol. The van der Waals surface area contributed by atoms with E-state index in [0.29, 0.717) is 12.0 Å². The summed E-state index contributed by atoms with van der Waals surface area (Å²) in [5.41, 5.74) is -0.536. The van der Waals surface area contributed by atoms with Gasteiger partial charge in [0.25, 0.3) is 0 Å². The molecule has 1 rings (SSSR count). The summed E-state index contributed by atoms with van der Waals surface area (Å²) in [6, 6.07) is 0. The van der Waals surface area contributed by atoms with Crippen molar-refractivity contribution in [3.63, 3.8) is 0 Å². The maximum atomic E-state index is 9.64. The monoisotopic (exact) mass is 244 g/mol. The van der Waals surface area contributed by atoms with Gasteiger partial charge in [0.05, 0.1) is 18.3 Å². The molecule has 0 amide bonds. The highest BCUT2D eigenvalue weighted by atomic mass is 16.7. The molecule has 0 aromatic rings. The summed E-state index contributed by atoms with van der Waals surface area (Å²) in [6.45, 7) is 8.90. The number of hydrogen-bond donors (Lipinski definition) is 1. The average molecular weight is 244 g/mol. The molecule has 0 aromatic carbocycles. The van der Waals surface area contributed by atoms with Crippen LogP contribution in [0.5, 0.6) is 0 Å². The molecule has 1 aliphatic rings. The molecule has 1 fully saturated rings. The molecule has 3 nitrogen and oxygen atoms in total. The van der Waals surface area contributed by atoms with E-state index in [1.807, 2.05) is 13.8 Å². The van der Waals surface area contributed by atoms with Gasteiger partial charge in [0.1, 0.15) is 0 Å². The van der Waals surface area contributed by atoms with Gasteiger partial charge in [-0.3, -0.25) is 0 Å². The Labute approximate surface area is 105 Å². The van der Waals surface area contributed by atoms with Crippen LogP contribution in [0.1, 0.15) is 59.8 Å². The third kappa shape index (κ3) is 7.02. The van der Waals surface area contributed by atoms with Gasteiger partial charge in [-0.1, -0.05) is 19.8 Å². The molecule has 1 aliphatic heterocycles. The minimum absolute atomic E-state index is 0.0177. The second-order valence-electron chi connectivity index (χ2n) is 6.08. The number of rotatable bonds is 6. The van der Waals surface area contributed by atoms with E-state index in [0.717, 1.165) is 38.7 Å². The van der Waals surface area contributed by atoms with Crippen LogP contribution in [0.3, 0.4) is 0 Å². The maximum Gasteiger partial charge on any atom is 0.158 e. The van der Waals surface area contributed by atoms with Crippen LogP contribution in [0.4, 0.5) is 0 Å². The van der Waals surface area contributed by atoms with Crippen LogP contribution >= 0.6 is 0 Å². The zero-order chi connectivity index (χ0) is 12.9. The molecule has 3 heteroatoms. The zero-order valence-corrected chi connectivity index (χ0v) is 11.7. The van der Waals surface area contributed by atoms with Gasteiger partial charge in [-0.2, -0.15) is 0 Å². The summed E-state index contributed by atoms with van der Waals surface area (Å²) < 4.78 is 11.3. The highest BCUT2D eigenvalue weighted by Gasteiger charge is 2.22. The lowest BCUT2D eigenvalue weighted by molar-refractivity contribution is -0.214. The minimum atomic E-state index is -0.536. The lowest BCUT2D eigenvalue weighted by atomic mass is 9.95. The second kappa shape index (κ2) is 6.72. The lowest BCUT2D eigenvalue weighted by Crippen LogP contribution is -2.31. The van der Waals surface area contributed by atoms with Gasteiger partial charge in [-0.15, -0.1) is 0 Å². The Morgan fingerprint density at radius 2 is 2.12 bits per heavy atom. The lowest BCUT2D eigenvalue weighted by Gasteiger charge is -2.30. The third-order valence-electron chi connectivity index (χ3n) is 3.29. The van der Waals surface area contributed by atoms with Gasteiger partial charge in [-0.05, 0) is 39.5 Å². The van der Waals surface area contributed by atoms with Crippen molar-refractivity contribution in [2.45, 2.75) is 77.8 Å². The Balaban J connectivity index is 2.13. The molecule has 0 unspecified atom stereocenters. The van der Waals surface area contributed by atoms with Crippen LogP contribution < -0.4 is 0 Å². The van der Waals surface area contributed by atoms with Gasteiger partial charge in [-0.25, -0.2) is 0 Å². The molecule has 1 heterocycles. The Morgan fingerprint density at radius 3 is 2.71 bits per heavy atom. The van der Waals surface area contributed by atoms with E-state index in [9.17, 15) is 5.11 Å². The molecule has 3 atom stereocenters. The fraction of sp³-hybridized carbons (Fsp3) is 1.00. The van der Waals surface area contributed by atoms with Crippen molar-refractivity contribution < 1.29 is 14.6 Å². The first kappa shape index (κ1) is 14.9. The van der Waals surface area contributed by atoms with Crippen molar-refractivity contribution in [2.75, 3.05) is 6.61 Å². The van der Waals surface area contributed by atoms with E-state index >= 15 is 0 Å². The van der Waals surface area contributed by atoms with Crippen LogP contribution in [0, 0.1) is 5.92 Å². The molecule has 0 aliphatic carbocycles. The first-order valence-electron chi connectivity index (χ1n) is 6.86. The van der Waals surface area contributed by atoms with Crippen molar-refractivity contribution in [2.24, 2.45) is 5.92 Å². The van der Waals surface area contributed by atoms with Crippen LogP contribution in [0.15, 0.2) is 0 Å². The fourth-order valence-electron chi connectivity index (χ4n) is 2.18. The Bertz CT molecular complexity index is 210. The number of hydrogen-bond acceptors (Lipinski definition) is 3. The third-order valence-corrected chi connectivity index (χ3v) is 3.29. The first-order valence-corrected chi connectivity index (χ1v) is 6.86. The molecular weight excluding hydrogens is 216 g/mol. The predicted octanol–water partition coefficient (Wildman–Crippen LogP) is 3.11. The molecule has 17 heavy (non-hydrogen) atoms. The summed E-state index contributed by atoms with van der Waals surface area (Å²) >= 11 is 0. The highest BCUT2D eigenvalue weighted by molar-refractivity contribution is 4.67. The largest absolute Gasteiger partial charge is 0.390 e. The van der Waals surface area contributed by atoms with Crippen LogP contribution in [-0.4, -0.2) is 29.7 Å². The minimum Gasteiger partial charge on any atom is -0.390 e. The van der Waals surface area contributed by atoms with E-state index in [1.165, 1.54) is 0 Å². The van der Waals surface area contributed by atoms with E-state index < -0.39 is 5.60 Å². The standard InChI is InChI=1S/C14H28O3/c1-11(6-5-8-14(3,4)15)10-13-16-9-7-12(2)17-13/h11-13,15H,5-10H2,1-4H3/t11-,12-,13+/m0/s1. The fourth-order valence-corrected chi connectivity index (χ4v) is 2.18. The van der Waals surface area contributed by atoms with Crippen molar-refractivity contribution in [1.29, 1.82) is 0 Å². The van der Waals surface area contributed by atoms with Crippen LogP contribution in [0.25, 0.3) is 0 Å². The highest BCUT2D eigenvalue weighted by Crippen LogP contribution is 2.23. The van der Waals surface area contributed by atoms with E-state index in [-0.39, 0.29) is 6.29 Å². The molecule has 0 aromatic heterocycles. The zero-order valence-electron chi connectivity index (χ0n) is 11.7. The molecule has 1 saturated heterocycles. The molecule has 0 saturated carbocycles. The van der Waals surface area contributed by atoms with Crippen molar-refractivity contribution >= 4 is 0 Å². The first-order chi connectivity index (χ1) is 7.87. The molecule has 1 N–H and O–H groups in total. The summed E-state index contributed by atoms with van der Waals surface area (Å²) in [6.07, 6.45) is 5.34. The van der Waals surface area contributed by atoms with Gasteiger partial charge >= 0.3 is 0 Å². The number of ether oxygens (including phenoxy) is 2. The van der Waals surface area contributed by atoms with Crippen LogP contribution in [-0.2, 0) is 9.47 Å². The summed E-state index contributed by atoms with van der Waals surface area (Å²) in [4.78, 5) is 0. The molecular formula is C14H28O3. The van der Waals surface area contributed by atoms with E-state index in [1.54, 1.807) is 0 Å². The van der Waals surface area contributed by atoms with Crippen molar-refractivity contribution in [3.05, 3.63) is 0 Å². The summed E-state index contributed by atoms with van der Waals surface area (Å²) in [5, 5.41) is 9.64. The van der Waals surface area contributed by atoms with Crippen molar-refractivity contribution in [1.82, 2.24) is 0 Å². The normalized spacial score (nSPS) is 28.1. The van der Waals surface area contributed by atoms with Crippen LogP contribution in [0.2, 0.25) is 0 Å². The Kier molecular flexibility index (Phi) is 5.90. The van der Waals surface area contributed by atoms with Crippen molar-refractivity contribution in [3.8, 4) is 0 Å². The maximum absolute atomic E-state index is 9.64. The SMILES string of the molecule is C[C@@H](CCCC(C)(C)O)C[C@@H]1OCC[C@H](C)O1. The average Bonchev–Trinajstić information content (AvgIpc) is 2.15. The number of aliphatic hydroxyl groups is 1. The van der Waals surface area contributed by atoms with Gasteiger partial charge < -0.3 is 14.6 Å². The molecule has 0 spiro atoms. The van der Waals surface area contributed by atoms with Gasteiger partial charge in [0.2, 0.25) is 0 Å². The topological polar surface area (TPSA) is 38.7 Å². The smallest absolute Gasteiger partial charge is 0.158 e. The van der Waals surface area contributed by atoms with E-state index in [4.69, 9.17) is 9.47 Å². The van der Waals surface area contributed by atoms with Gasteiger partial charge in [0.15, 0.2) is 6.29 Å². The molecule has 102 valence electrons. The quantitative estimate of drug-likeness (QED) is 0.780. The Morgan fingerprint density at radius 1 is 1.41 bits per heavy atom. The van der Waals surface area contributed by atoms with Gasteiger partial charge in [0, 0.05) is 6.42 Å². The Hall–Kier alpha value is -0.120. The van der Waals surface area contributed by atoms with E-state index in [2.05, 4.69) is 13.8 Å².